The molecule has 0 atom stereocenters. The molecule has 0 spiro atoms. The number of hydrogen-bond donors (Lipinski definition) is 2. The normalized spacial score (nSPS) is 11.3. The Balaban J connectivity index is 2.15. The minimum atomic E-state index is -3.65. The summed E-state index contributed by atoms with van der Waals surface area (Å²) in [6.07, 6.45) is 6.73. The smallest absolute Gasteiger partial charge is 0.244 e. The molecule has 0 saturated carbocycles. The van der Waals surface area contributed by atoms with Crippen molar-refractivity contribution < 1.29 is 8.42 Å². The fraction of sp³-hybridized carbons (Fsp3) is 0.308. The number of aromatic nitrogens is 3. The number of anilines is 1. The van der Waals surface area contributed by atoms with Gasteiger partial charge in [0.2, 0.25) is 10.0 Å². The van der Waals surface area contributed by atoms with E-state index in [1.54, 1.807) is 24.5 Å². The van der Waals surface area contributed by atoms with Crippen LogP contribution in [-0.4, -0.2) is 29.9 Å². The molecule has 0 fully saturated rings. The second kappa shape index (κ2) is 7.09. The first-order valence-electron chi connectivity index (χ1n) is 6.56. The molecule has 0 unspecified atom stereocenters. The molecule has 7 nitrogen and oxygen atoms in total. The van der Waals surface area contributed by atoms with E-state index in [0.717, 1.165) is 6.42 Å². The van der Waals surface area contributed by atoms with Crippen LogP contribution in [0.5, 0.6) is 0 Å². The van der Waals surface area contributed by atoms with Crippen LogP contribution in [0.1, 0.15) is 19.0 Å². The fourth-order valence-electron chi connectivity index (χ4n) is 1.67. The van der Waals surface area contributed by atoms with Gasteiger partial charge in [0.1, 0.15) is 11.2 Å². The molecule has 0 saturated heterocycles. The molecule has 0 aliphatic carbocycles. The molecule has 0 bridgehead atoms. The Bertz CT molecular complexity index is 676. The Morgan fingerprint density at radius 2 is 2.00 bits per heavy atom. The van der Waals surface area contributed by atoms with Gasteiger partial charge >= 0.3 is 0 Å². The lowest BCUT2D eigenvalue weighted by atomic mass is 10.4. The second-order valence-electron chi connectivity index (χ2n) is 4.32. The van der Waals surface area contributed by atoms with Gasteiger partial charge in [0.25, 0.3) is 0 Å². The van der Waals surface area contributed by atoms with Crippen LogP contribution in [0.3, 0.4) is 0 Å². The molecule has 2 heterocycles. The molecule has 0 aromatic carbocycles. The molecule has 0 aliphatic heterocycles. The Labute approximate surface area is 123 Å². The van der Waals surface area contributed by atoms with Crippen LogP contribution in [0, 0.1) is 0 Å². The summed E-state index contributed by atoms with van der Waals surface area (Å²) in [6, 6.07) is 3.30. The molecular weight excluding hydrogens is 290 g/mol. The van der Waals surface area contributed by atoms with Crippen LogP contribution in [0.2, 0.25) is 0 Å². The number of nitrogens with one attached hydrogen (secondary N) is 2. The SMILES string of the molecule is CCCNc1ccncc1S(=O)(=O)NCc1ccncn1. The molecule has 2 aromatic rings. The van der Waals surface area contributed by atoms with E-state index < -0.39 is 10.0 Å². The highest BCUT2D eigenvalue weighted by atomic mass is 32.2. The summed E-state index contributed by atoms with van der Waals surface area (Å²) < 4.78 is 27.2. The molecule has 0 aliphatic rings. The van der Waals surface area contributed by atoms with E-state index in [0.29, 0.717) is 17.9 Å². The van der Waals surface area contributed by atoms with Crippen molar-refractivity contribution in [1.82, 2.24) is 19.7 Å². The first kappa shape index (κ1) is 15.3. The average Bonchev–Trinajstić information content (AvgIpc) is 2.52. The Morgan fingerprint density at radius 1 is 1.19 bits per heavy atom. The maximum Gasteiger partial charge on any atom is 0.244 e. The Hall–Kier alpha value is -2.06. The number of hydrogen-bond acceptors (Lipinski definition) is 6. The van der Waals surface area contributed by atoms with E-state index in [9.17, 15) is 8.42 Å². The minimum Gasteiger partial charge on any atom is -0.384 e. The summed E-state index contributed by atoms with van der Waals surface area (Å²) >= 11 is 0. The summed E-state index contributed by atoms with van der Waals surface area (Å²) in [4.78, 5) is 11.8. The van der Waals surface area contributed by atoms with Crippen LogP contribution in [0.15, 0.2) is 41.9 Å². The third kappa shape index (κ3) is 4.20. The van der Waals surface area contributed by atoms with Crippen molar-refractivity contribution >= 4 is 15.7 Å². The van der Waals surface area contributed by atoms with Crippen LogP contribution >= 0.6 is 0 Å². The number of rotatable bonds is 7. The van der Waals surface area contributed by atoms with Crippen LogP contribution in [0.4, 0.5) is 5.69 Å². The van der Waals surface area contributed by atoms with Crippen molar-refractivity contribution in [2.75, 3.05) is 11.9 Å². The highest BCUT2D eigenvalue weighted by Gasteiger charge is 2.18. The molecule has 112 valence electrons. The molecule has 8 heteroatoms. The zero-order chi connectivity index (χ0) is 15.1. The van der Waals surface area contributed by atoms with Crippen molar-refractivity contribution in [2.24, 2.45) is 0 Å². The zero-order valence-corrected chi connectivity index (χ0v) is 12.5. The van der Waals surface area contributed by atoms with Crippen molar-refractivity contribution in [3.63, 3.8) is 0 Å². The summed E-state index contributed by atoms with van der Waals surface area (Å²) in [6.45, 7) is 2.81. The maximum atomic E-state index is 12.4. The van der Waals surface area contributed by atoms with E-state index in [2.05, 4.69) is 25.0 Å². The first-order chi connectivity index (χ1) is 10.1. The molecule has 2 N–H and O–H groups in total. The van der Waals surface area contributed by atoms with Gasteiger partial charge in [-0.2, -0.15) is 0 Å². The minimum absolute atomic E-state index is 0.104. The lowest BCUT2D eigenvalue weighted by Gasteiger charge is -2.12. The third-order valence-electron chi connectivity index (χ3n) is 2.73. The standard InChI is InChI=1S/C13H17N5O2S/c1-2-5-16-12-4-7-14-9-13(12)21(19,20)18-8-11-3-6-15-10-17-11/h3-4,6-7,9-10,18H,2,5,8H2,1H3,(H,14,16). The van der Waals surface area contributed by atoms with Gasteiger partial charge in [-0.1, -0.05) is 6.92 Å². The highest BCUT2D eigenvalue weighted by Crippen LogP contribution is 2.19. The van der Waals surface area contributed by atoms with E-state index in [1.807, 2.05) is 6.92 Å². The highest BCUT2D eigenvalue weighted by molar-refractivity contribution is 7.89. The largest absolute Gasteiger partial charge is 0.384 e. The Morgan fingerprint density at radius 3 is 2.71 bits per heavy atom. The van der Waals surface area contributed by atoms with Gasteiger partial charge in [0, 0.05) is 25.1 Å². The first-order valence-corrected chi connectivity index (χ1v) is 8.04. The lowest BCUT2D eigenvalue weighted by Crippen LogP contribution is -2.25. The van der Waals surface area contributed by atoms with Gasteiger partial charge in [-0.15, -0.1) is 0 Å². The number of pyridine rings is 1. The monoisotopic (exact) mass is 307 g/mol. The molecule has 0 radical (unpaired) electrons. The quantitative estimate of drug-likeness (QED) is 0.797. The van der Waals surface area contributed by atoms with Gasteiger partial charge < -0.3 is 5.32 Å². The summed E-state index contributed by atoms with van der Waals surface area (Å²) in [5, 5.41) is 3.08. The lowest BCUT2D eigenvalue weighted by molar-refractivity contribution is 0.580. The predicted molar refractivity (Wildman–Crippen MR) is 79.1 cm³/mol. The molecule has 2 rings (SSSR count). The van der Waals surface area contributed by atoms with E-state index in [4.69, 9.17) is 0 Å². The zero-order valence-electron chi connectivity index (χ0n) is 11.7. The summed E-state index contributed by atoms with van der Waals surface area (Å²) in [5.74, 6) is 0. The van der Waals surface area contributed by atoms with Gasteiger partial charge in [-0.25, -0.2) is 23.1 Å². The van der Waals surface area contributed by atoms with E-state index in [1.165, 1.54) is 12.5 Å². The maximum absolute atomic E-state index is 12.4. The van der Waals surface area contributed by atoms with Gasteiger partial charge in [-0.3, -0.25) is 4.98 Å². The van der Waals surface area contributed by atoms with Gasteiger partial charge in [-0.05, 0) is 18.6 Å². The number of sulfonamides is 1. The summed E-state index contributed by atoms with van der Waals surface area (Å²) in [7, 11) is -3.65. The molecule has 2 aromatic heterocycles. The second-order valence-corrected chi connectivity index (χ2v) is 6.06. The molecule has 21 heavy (non-hydrogen) atoms. The van der Waals surface area contributed by atoms with Crippen LogP contribution in [-0.2, 0) is 16.6 Å². The molecular formula is C13H17N5O2S. The molecule has 0 amide bonds. The van der Waals surface area contributed by atoms with Crippen molar-refractivity contribution in [3.05, 3.63) is 42.7 Å². The third-order valence-corrected chi connectivity index (χ3v) is 4.15. The van der Waals surface area contributed by atoms with Crippen molar-refractivity contribution in [1.29, 1.82) is 0 Å². The fourth-order valence-corrected chi connectivity index (χ4v) is 2.79. The van der Waals surface area contributed by atoms with E-state index >= 15 is 0 Å². The van der Waals surface area contributed by atoms with Crippen LogP contribution in [0.25, 0.3) is 0 Å². The van der Waals surface area contributed by atoms with Gasteiger partial charge in [0.05, 0.1) is 17.9 Å². The predicted octanol–water partition coefficient (Wildman–Crippen LogP) is 1.17. The van der Waals surface area contributed by atoms with Crippen LogP contribution < -0.4 is 10.0 Å². The Kier molecular flexibility index (Phi) is 5.18. The van der Waals surface area contributed by atoms with E-state index in [-0.39, 0.29) is 11.4 Å². The average molecular weight is 307 g/mol. The topological polar surface area (TPSA) is 96.9 Å². The van der Waals surface area contributed by atoms with Crippen molar-refractivity contribution in [2.45, 2.75) is 24.8 Å². The van der Waals surface area contributed by atoms with Crippen molar-refractivity contribution in [3.8, 4) is 0 Å². The van der Waals surface area contributed by atoms with Gasteiger partial charge in [0.15, 0.2) is 0 Å². The summed E-state index contributed by atoms with van der Waals surface area (Å²) in [5.41, 5.74) is 1.14. The number of nitrogens with zero attached hydrogens (tertiary/aromatic N) is 3.